The fourth-order valence-corrected chi connectivity index (χ4v) is 4.47. The van der Waals surface area contributed by atoms with E-state index in [2.05, 4.69) is 10.6 Å². The molecule has 1 rings (SSSR count). The Kier molecular flexibility index (Phi) is 19.9. The Morgan fingerprint density at radius 2 is 1.30 bits per heavy atom. The van der Waals surface area contributed by atoms with Gasteiger partial charge in [0.2, 0.25) is 11.8 Å². The van der Waals surface area contributed by atoms with Gasteiger partial charge in [0.05, 0.1) is 12.7 Å². The lowest BCUT2D eigenvalue weighted by Crippen LogP contribution is -2.42. The number of aliphatic hydroxyl groups excluding tert-OH is 2. The summed E-state index contributed by atoms with van der Waals surface area (Å²) in [6, 6.07) is 0. The first-order valence-electron chi connectivity index (χ1n) is 15.4. The highest BCUT2D eigenvalue weighted by Crippen LogP contribution is 2.20. The van der Waals surface area contributed by atoms with Gasteiger partial charge in [-0.05, 0) is 59.3 Å². The normalized spacial score (nSPS) is 19.3. The maximum Gasteiger partial charge on any atom is 0.306 e. The maximum absolute atomic E-state index is 12.0. The molecule has 0 radical (unpaired) electrons. The Hall–Kier alpha value is -1.75. The third-order valence-electron chi connectivity index (χ3n) is 6.69. The standard InChI is InChI=1S/C30H56N2O8/c1-30(2,3)40-28(37)17-11-9-7-5-4-6-8-10-15-26(35)31-20-14-21-32-27(36)16-12-13-22-38-29-19-18-24(34)25(23-33)39-29/h24-25,29,33-34H,4-23H2,1-3H3,(H,31,35)(H,32,36). The molecule has 40 heavy (non-hydrogen) atoms. The van der Waals surface area contributed by atoms with Gasteiger partial charge in [0.25, 0.3) is 0 Å². The van der Waals surface area contributed by atoms with Crippen LogP contribution in [0.1, 0.15) is 124 Å². The van der Waals surface area contributed by atoms with Crippen LogP contribution in [0.25, 0.3) is 0 Å². The predicted octanol–water partition coefficient (Wildman–Crippen LogP) is 3.90. The Morgan fingerprint density at radius 3 is 1.85 bits per heavy atom. The highest BCUT2D eigenvalue weighted by Gasteiger charge is 2.29. The molecular formula is C30H56N2O8. The molecule has 0 bridgehead atoms. The summed E-state index contributed by atoms with van der Waals surface area (Å²) >= 11 is 0. The van der Waals surface area contributed by atoms with Crippen LogP contribution < -0.4 is 10.6 Å². The smallest absolute Gasteiger partial charge is 0.306 e. The van der Waals surface area contributed by atoms with E-state index in [1.807, 2.05) is 20.8 Å². The topological polar surface area (TPSA) is 143 Å². The fraction of sp³-hybridized carbons (Fsp3) is 0.900. The van der Waals surface area contributed by atoms with Gasteiger partial charge >= 0.3 is 5.97 Å². The van der Waals surface area contributed by atoms with Crippen molar-refractivity contribution in [3.05, 3.63) is 0 Å². The van der Waals surface area contributed by atoms with Crippen LogP contribution in [0.15, 0.2) is 0 Å². The van der Waals surface area contributed by atoms with Gasteiger partial charge in [0.1, 0.15) is 11.7 Å². The molecule has 0 aromatic carbocycles. The van der Waals surface area contributed by atoms with E-state index in [-0.39, 0.29) is 24.4 Å². The Balaban J connectivity index is 1.84. The van der Waals surface area contributed by atoms with Gasteiger partial charge in [-0.1, -0.05) is 38.5 Å². The molecule has 0 aromatic rings. The first-order chi connectivity index (χ1) is 19.1. The quantitative estimate of drug-likeness (QED) is 0.113. The van der Waals surface area contributed by atoms with Gasteiger partial charge in [0.15, 0.2) is 6.29 Å². The Morgan fingerprint density at radius 1 is 0.775 bits per heavy atom. The van der Waals surface area contributed by atoms with Crippen LogP contribution in [0.3, 0.4) is 0 Å². The molecule has 0 aromatic heterocycles. The molecular weight excluding hydrogens is 516 g/mol. The van der Waals surface area contributed by atoms with Gasteiger partial charge in [-0.3, -0.25) is 14.4 Å². The summed E-state index contributed by atoms with van der Waals surface area (Å²) in [4.78, 5) is 35.6. The molecule has 10 heteroatoms. The van der Waals surface area contributed by atoms with Crippen LogP contribution in [-0.2, 0) is 28.6 Å². The second kappa shape index (κ2) is 21.9. The van der Waals surface area contributed by atoms with Crippen LogP contribution in [0.4, 0.5) is 0 Å². The van der Waals surface area contributed by atoms with E-state index < -0.39 is 24.1 Å². The summed E-state index contributed by atoms with van der Waals surface area (Å²) in [7, 11) is 0. The van der Waals surface area contributed by atoms with Crippen LogP contribution in [0.2, 0.25) is 0 Å². The number of rotatable bonds is 22. The van der Waals surface area contributed by atoms with E-state index in [4.69, 9.17) is 14.2 Å². The predicted molar refractivity (Wildman–Crippen MR) is 153 cm³/mol. The molecule has 10 nitrogen and oxygen atoms in total. The first-order valence-corrected chi connectivity index (χ1v) is 15.4. The van der Waals surface area contributed by atoms with Crippen LogP contribution in [0.5, 0.6) is 0 Å². The molecule has 1 saturated heterocycles. The zero-order chi connectivity index (χ0) is 29.6. The van der Waals surface area contributed by atoms with E-state index >= 15 is 0 Å². The van der Waals surface area contributed by atoms with E-state index in [1.165, 1.54) is 0 Å². The Bertz CT molecular complexity index is 698. The van der Waals surface area contributed by atoms with Crippen LogP contribution in [-0.4, -0.2) is 78.4 Å². The summed E-state index contributed by atoms with van der Waals surface area (Å²) in [6.45, 7) is 6.99. The Labute approximate surface area is 241 Å². The number of unbranched alkanes of at least 4 members (excludes halogenated alkanes) is 8. The summed E-state index contributed by atoms with van der Waals surface area (Å²) in [6.07, 6.45) is 11.5. The second-order valence-electron chi connectivity index (χ2n) is 11.7. The summed E-state index contributed by atoms with van der Waals surface area (Å²) in [5.74, 6) is -0.0563. The lowest BCUT2D eigenvalue weighted by atomic mass is 10.1. The van der Waals surface area contributed by atoms with Gasteiger partial charge in [-0.2, -0.15) is 0 Å². The molecule has 0 aliphatic carbocycles. The second-order valence-corrected chi connectivity index (χ2v) is 11.7. The van der Waals surface area contributed by atoms with Crippen molar-refractivity contribution in [2.24, 2.45) is 0 Å². The van der Waals surface area contributed by atoms with Crippen molar-refractivity contribution in [2.45, 2.75) is 148 Å². The number of amides is 2. The molecule has 3 unspecified atom stereocenters. The molecule has 0 saturated carbocycles. The molecule has 1 fully saturated rings. The zero-order valence-electron chi connectivity index (χ0n) is 25.2. The SMILES string of the molecule is CC(C)(C)OC(=O)CCCCCCCCCCC(=O)NCCCNC(=O)CCCCOC1CCC(O)C(CO)O1. The lowest BCUT2D eigenvalue weighted by molar-refractivity contribution is -0.229. The average molecular weight is 573 g/mol. The van der Waals surface area contributed by atoms with Crippen molar-refractivity contribution in [3.63, 3.8) is 0 Å². The van der Waals surface area contributed by atoms with Crippen LogP contribution in [0, 0.1) is 0 Å². The highest BCUT2D eigenvalue weighted by atomic mass is 16.7. The van der Waals surface area contributed by atoms with Crippen molar-refractivity contribution in [2.75, 3.05) is 26.3 Å². The highest BCUT2D eigenvalue weighted by molar-refractivity contribution is 5.76. The van der Waals surface area contributed by atoms with E-state index in [9.17, 15) is 24.6 Å². The molecule has 2 amide bonds. The lowest BCUT2D eigenvalue weighted by Gasteiger charge is -2.32. The fourth-order valence-electron chi connectivity index (χ4n) is 4.47. The maximum atomic E-state index is 12.0. The molecule has 234 valence electrons. The number of nitrogens with one attached hydrogen (secondary N) is 2. The number of hydrogen-bond acceptors (Lipinski definition) is 8. The molecule has 1 aliphatic heterocycles. The number of carbonyl (C=O) groups is 3. The van der Waals surface area contributed by atoms with Gasteiger partial charge < -0.3 is 35.1 Å². The third kappa shape index (κ3) is 20.2. The van der Waals surface area contributed by atoms with E-state index in [1.54, 1.807) is 0 Å². The minimum Gasteiger partial charge on any atom is -0.460 e. The van der Waals surface area contributed by atoms with Gasteiger partial charge in [0, 0.05) is 45.4 Å². The molecule has 1 aliphatic rings. The van der Waals surface area contributed by atoms with Crippen molar-refractivity contribution in [1.29, 1.82) is 0 Å². The van der Waals surface area contributed by atoms with Crippen molar-refractivity contribution in [3.8, 4) is 0 Å². The monoisotopic (exact) mass is 572 g/mol. The van der Waals surface area contributed by atoms with Gasteiger partial charge in [-0.15, -0.1) is 0 Å². The number of carbonyl (C=O) groups excluding carboxylic acids is 3. The molecule has 4 N–H and O–H groups in total. The minimum atomic E-state index is -0.649. The van der Waals surface area contributed by atoms with Gasteiger partial charge in [-0.25, -0.2) is 0 Å². The molecule has 1 heterocycles. The van der Waals surface area contributed by atoms with Crippen LogP contribution >= 0.6 is 0 Å². The largest absolute Gasteiger partial charge is 0.460 e. The number of esters is 1. The number of ether oxygens (including phenoxy) is 3. The molecule has 0 spiro atoms. The number of aliphatic hydroxyl groups is 2. The number of hydrogen-bond donors (Lipinski definition) is 4. The van der Waals surface area contributed by atoms with E-state index in [0.29, 0.717) is 64.6 Å². The van der Waals surface area contributed by atoms with Crippen molar-refractivity contribution >= 4 is 17.8 Å². The average Bonchev–Trinajstić information content (AvgIpc) is 2.89. The zero-order valence-corrected chi connectivity index (χ0v) is 25.2. The summed E-state index contributed by atoms with van der Waals surface area (Å²) in [5.41, 5.74) is -0.407. The van der Waals surface area contributed by atoms with Crippen molar-refractivity contribution < 1.29 is 38.8 Å². The van der Waals surface area contributed by atoms with E-state index in [0.717, 1.165) is 57.8 Å². The minimum absolute atomic E-state index is 0.00764. The third-order valence-corrected chi connectivity index (χ3v) is 6.69. The summed E-state index contributed by atoms with van der Waals surface area (Å²) in [5, 5.41) is 24.7. The molecule has 3 atom stereocenters. The van der Waals surface area contributed by atoms with Crippen molar-refractivity contribution in [1.82, 2.24) is 10.6 Å². The first kappa shape index (κ1) is 36.3. The summed E-state index contributed by atoms with van der Waals surface area (Å²) < 4.78 is 16.4.